The molecule has 2 saturated heterocycles. The van der Waals surface area contributed by atoms with Crippen LogP contribution in [0, 0.1) is 11.8 Å². The quantitative estimate of drug-likeness (QED) is 0.394. The maximum absolute atomic E-state index is 13.3. The Morgan fingerprint density at radius 2 is 1.71 bits per heavy atom. The molecule has 0 saturated carbocycles. The number of rotatable bonds is 8. The van der Waals surface area contributed by atoms with Crippen molar-refractivity contribution < 1.29 is 18.0 Å². The molecule has 3 heterocycles. The number of aromatic nitrogens is 2. The zero-order valence-electron chi connectivity index (χ0n) is 22.3. The van der Waals surface area contributed by atoms with E-state index in [2.05, 4.69) is 20.0 Å². The van der Waals surface area contributed by atoms with Crippen LogP contribution >= 0.6 is 0 Å². The lowest BCUT2D eigenvalue weighted by molar-refractivity contribution is -0.138. The second-order valence-electron chi connectivity index (χ2n) is 10.1. The van der Waals surface area contributed by atoms with E-state index in [4.69, 9.17) is 10.6 Å². The van der Waals surface area contributed by atoms with Crippen molar-refractivity contribution in [3.8, 4) is 0 Å². The lowest BCUT2D eigenvalue weighted by atomic mass is 9.87. The number of sulfonamides is 1. The van der Waals surface area contributed by atoms with E-state index < -0.39 is 10.0 Å². The molecular weight excluding hydrogens is 506 g/mol. The third-order valence-corrected chi connectivity index (χ3v) is 9.17. The highest BCUT2D eigenvalue weighted by atomic mass is 32.2. The number of nitrogen functional groups attached to an aromatic ring is 1. The van der Waals surface area contributed by atoms with Crippen LogP contribution in [0.1, 0.15) is 36.8 Å². The predicted molar refractivity (Wildman–Crippen MR) is 145 cm³/mol. The fourth-order valence-corrected chi connectivity index (χ4v) is 6.11. The number of piperidine rings is 2. The van der Waals surface area contributed by atoms with Gasteiger partial charge in [0.05, 0.1) is 10.6 Å². The average Bonchev–Trinajstić information content (AvgIpc) is 2.93. The van der Waals surface area contributed by atoms with Gasteiger partial charge < -0.3 is 15.5 Å². The summed E-state index contributed by atoms with van der Waals surface area (Å²) in [7, 11) is 0.950. The minimum absolute atomic E-state index is 0.0329. The monoisotopic (exact) mass is 543 g/mol. The van der Waals surface area contributed by atoms with E-state index in [0.717, 1.165) is 62.2 Å². The van der Waals surface area contributed by atoms with Crippen molar-refractivity contribution in [1.29, 1.82) is 0 Å². The Morgan fingerprint density at radius 1 is 1.08 bits per heavy atom. The summed E-state index contributed by atoms with van der Waals surface area (Å²) in [6.45, 7) is 3.75. The Morgan fingerprint density at radius 3 is 2.32 bits per heavy atom. The van der Waals surface area contributed by atoms with Crippen molar-refractivity contribution in [2.75, 3.05) is 53.1 Å². The minimum Gasteiger partial charge on any atom is -0.399 e. The molecule has 2 aromatic rings. The fourth-order valence-electron chi connectivity index (χ4n) is 5.16. The maximum Gasteiger partial charge on any atom is 0.242 e. The van der Waals surface area contributed by atoms with Gasteiger partial charge >= 0.3 is 0 Å². The fraction of sp³-hybridized carbons (Fsp3) is 0.538. The Hall–Kier alpha value is -3.09. The van der Waals surface area contributed by atoms with Gasteiger partial charge in [0, 0.05) is 69.1 Å². The number of benzene rings is 1. The first kappa shape index (κ1) is 27.9. The maximum atomic E-state index is 13.3. The van der Waals surface area contributed by atoms with Crippen molar-refractivity contribution in [2.24, 2.45) is 17.0 Å². The highest BCUT2D eigenvalue weighted by Gasteiger charge is 2.33. The second-order valence-corrected chi connectivity index (χ2v) is 12.2. The lowest BCUT2D eigenvalue weighted by Gasteiger charge is -2.37. The van der Waals surface area contributed by atoms with Crippen molar-refractivity contribution in [2.45, 2.75) is 37.1 Å². The third-order valence-electron chi connectivity index (χ3n) is 7.36. The summed E-state index contributed by atoms with van der Waals surface area (Å²) >= 11 is 0. The van der Waals surface area contributed by atoms with E-state index in [9.17, 15) is 13.2 Å². The molecule has 12 heteroatoms. The molecule has 206 valence electrons. The topological polar surface area (TPSA) is 134 Å². The molecule has 0 spiro atoms. The number of oxime groups is 1. The summed E-state index contributed by atoms with van der Waals surface area (Å²) in [6.07, 6.45) is 6.66. The zero-order chi connectivity index (χ0) is 27.3. The second kappa shape index (κ2) is 12.2. The van der Waals surface area contributed by atoms with Crippen molar-refractivity contribution in [1.82, 2.24) is 24.1 Å². The van der Waals surface area contributed by atoms with Gasteiger partial charge in [-0.15, -0.1) is 0 Å². The van der Waals surface area contributed by atoms with Gasteiger partial charge in [-0.25, -0.2) is 22.7 Å². The van der Waals surface area contributed by atoms with Crippen LogP contribution in [0.2, 0.25) is 0 Å². The largest absolute Gasteiger partial charge is 0.399 e. The van der Waals surface area contributed by atoms with E-state index in [1.165, 1.54) is 25.5 Å². The predicted octanol–water partition coefficient (Wildman–Crippen LogP) is 1.81. The number of nitrogens with zero attached hydrogens (tertiary/aromatic N) is 6. The lowest BCUT2D eigenvalue weighted by Crippen LogP contribution is -2.46. The summed E-state index contributed by atoms with van der Waals surface area (Å²) in [5, 5.41) is 4.28. The molecule has 1 aromatic heterocycles. The molecule has 0 unspecified atom stereocenters. The Labute approximate surface area is 224 Å². The van der Waals surface area contributed by atoms with Gasteiger partial charge in [0.1, 0.15) is 7.11 Å². The summed E-state index contributed by atoms with van der Waals surface area (Å²) in [5.74, 6) is 0.599. The van der Waals surface area contributed by atoms with E-state index in [0.29, 0.717) is 13.1 Å². The van der Waals surface area contributed by atoms with Crippen molar-refractivity contribution in [3.63, 3.8) is 0 Å². The van der Waals surface area contributed by atoms with E-state index in [-0.39, 0.29) is 28.6 Å². The van der Waals surface area contributed by atoms with E-state index >= 15 is 0 Å². The number of amides is 1. The molecule has 2 fully saturated rings. The number of anilines is 1. The summed E-state index contributed by atoms with van der Waals surface area (Å²) in [4.78, 5) is 31.1. The molecule has 38 heavy (non-hydrogen) atoms. The molecule has 2 N–H and O–H groups in total. The molecule has 11 nitrogen and oxygen atoms in total. The highest BCUT2D eigenvalue weighted by molar-refractivity contribution is 7.89. The van der Waals surface area contributed by atoms with Gasteiger partial charge in [0.2, 0.25) is 21.9 Å². The molecule has 0 bridgehead atoms. The first-order valence-electron chi connectivity index (χ1n) is 12.9. The molecule has 2 aliphatic rings. The van der Waals surface area contributed by atoms with Crippen molar-refractivity contribution >= 4 is 27.6 Å². The summed E-state index contributed by atoms with van der Waals surface area (Å²) in [5.41, 5.74) is 8.03. The van der Waals surface area contributed by atoms with Gasteiger partial charge in [0.25, 0.3) is 0 Å². The average molecular weight is 544 g/mol. The van der Waals surface area contributed by atoms with Crippen LogP contribution < -0.4 is 5.73 Å². The molecular formula is C26H37N7O4S. The van der Waals surface area contributed by atoms with Crippen LogP contribution in [-0.2, 0) is 26.2 Å². The van der Waals surface area contributed by atoms with Crippen LogP contribution in [-0.4, -0.2) is 91.5 Å². The Balaban J connectivity index is 1.33. The van der Waals surface area contributed by atoms with Gasteiger partial charge in [0.15, 0.2) is 0 Å². The molecule has 0 atom stereocenters. The molecule has 4 rings (SSSR count). The molecule has 0 radical (unpaired) electrons. The van der Waals surface area contributed by atoms with E-state index in [1.54, 1.807) is 30.6 Å². The van der Waals surface area contributed by atoms with Gasteiger partial charge in [-0.3, -0.25) is 9.69 Å². The number of carbonyl (C=O) groups is 1. The standard InChI is InChI=1S/C26H37N7O4S/c1-31(2)38(35,36)23-6-4-5-22(15-23)24(30-37-3)20-9-13-33(14-10-20)25(34)21-7-11-32(12-8-21)18-19-16-28-26(27)29-17-19/h4-6,15-17,20-21H,7-14,18H2,1-3H3,(H2,27,28,29). The minimum atomic E-state index is -3.56. The van der Waals surface area contributed by atoms with Crippen LogP contribution in [0.25, 0.3) is 0 Å². The van der Waals surface area contributed by atoms with Crippen LogP contribution in [0.15, 0.2) is 46.7 Å². The van der Waals surface area contributed by atoms with Gasteiger partial charge in [-0.05, 0) is 50.9 Å². The van der Waals surface area contributed by atoms with Crippen LogP contribution in [0.3, 0.4) is 0 Å². The molecule has 1 amide bonds. The van der Waals surface area contributed by atoms with Gasteiger partial charge in [-0.2, -0.15) is 0 Å². The van der Waals surface area contributed by atoms with Crippen LogP contribution in [0.4, 0.5) is 5.95 Å². The third kappa shape index (κ3) is 6.48. The smallest absolute Gasteiger partial charge is 0.242 e. The van der Waals surface area contributed by atoms with Crippen molar-refractivity contribution in [3.05, 3.63) is 47.8 Å². The SMILES string of the molecule is CON=C(c1cccc(S(=O)(=O)N(C)C)c1)C1CCN(C(=O)C2CCN(Cc3cnc(N)nc3)CC2)CC1. The Kier molecular flexibility index (Phi) is 8.95. The highest BCUT2D eigenvalue weighted by Crippen LogP contribution is 2.28. The number of likely N-dealkylation sites (tertiary alicyclic amines) is 2. The molecule has 2 aliphatic heterocycles. The zero-order valence-corrected chi connectivity index (χ0v) is 23.1. The number of carbonyl (C=O) groups excluding carboxylic acids is 1. The number of hydrogen-bond acceptors (Lipinski definition) is 9. The first-order chi connectivity index (χ1) is 18.2. The van der Waals surface area contributed by atoms with Crippen LogP contribution in [0.5, 0.6) is 0 Å². The normalized spacial score (nSPS) is 18.6. The summed E-state index contributed by atoms with van der Waals surface area (Å²) in [6, 6.07) is 6.81. The first-order valence-corrected chi connectivity index (χ1v) is 14.3. The number of nitrogens with two attached hydrogens (primary N) is 1. The Bertz CT molecular complexity index is 1230. The molecule has 0 aliphatic carbocycles. The van der Waals surface area contributed by atoms with E-state index in [1.807, 2.05) is 11.0 Å². The van der Waals surface area contributed by atoms with Gasteiger partial charge in [-0.1, -0.05) is 17.3 Å². The molecule has 1 aromatic carbocycles. The summed E-state index contributed by atoms with van der Waals surface area (Å²) < 4.78 is 26.5. The number of hydrogen-bond donors (Lipinski definition) is 1.